The molecule has 172 valence electrons. The first-order valence-corrected chi connectivity index (χ1v) is 11.9. The van der Waals surface area contributed by atoms with Gasteiger partial charge in [0.25, 0.3) is 0 Å². The van der Waals surface area contributed by atoms with Crippen molar-refractivity contribution in [1.29, 1.82) is 0 Å². The van der Waals surface area contributed by atoms with Crippen LogP contribution in [0.1, 0.15) is 51.0 Å². The number of benzene rings is 2. The van der Waals surface area contributed by atoms with Crippen molar-refractivity contribution >= 4 is 35.0 Å². The van der Waals surface area contributed by atoms with Crippen LogP contribution in [0.3, 0.4) is 0 Å². The maximum atomic E-state index is 13.1. The molecule has 2 aromatic carbocycles. The van der Waals surface area contributed by atoms with E-state index in [-0.39, 0.29) is 30.8 Å². The molecular formula is C25H30Cl2N2O3. The first-order chi connectivity index (χ1) is 15.4. The molecule has 0 aromatic heterocycles. The summed E-state index contributed by atoms with van der Waals surface area (Å²) in [5.41, 5.74) is 0.755. The lowest BCUT2D eigenvalue weighted by molar-refractivity contribution is -0.141. The predicted molar refractivity (Wildman–Crippen MR) is 128 cm³/mol. The second-order valence-corrected chi connectivity index (χ2v) is 9.03. The van der Waals surface area contributed by atoms with Gasteiger partial charge < -0.3 is 15.0 Å². The first-order valence-electron chi connectivity index (χ1n) is 11.2. The van der Waals surface area contributed by atoms with Crippen LogP contribution in [0.25, 0.3) is 0 Å². The highest BCUT2D eigenvalue weighted by Gasteiger charge is 2.28. The largest absolute Gasteiger partial charge is 0.494 e. The summed E-state index contributed by atoms with van der Waals surface area (Å²) in [5.74, 6) is 0.534. The van der Waals surface area contributed by atoms with Gasteiger partial charge in [-0.2, -0.15) is 0 Å². The summed E-state index contributed by atoms with van der Waals surface area (Å²) < 4.78 is 5.70. The average Bonchev–Trinajstić information content (AvgIpc) is 3.29. The second-order valence-electron chi connectivity index (χ2n) is 8.19. The van der Waals surface area contributed by atoms with Gasteiger partial charge in [0.15, 0.2) is 0 Å². The van der Waals surface area contributed by atoms with Gasteiger partial charge in [0.2, 0.25) is 11.8 Å². The Balaban J connectivity index is 1.63. The van der Waals surface area contributed by atoms with Gasteiger partial charge in [0.1, 0.15) is 11.8 Å². The van der Waals surface area contributed by atoms with Gasteiger partial charge in [-0.3, -0.25) is 9.59 Å². The van der Waals surface area contributed by atoms with E-state index in [9.17, 15) is 9.59 Å². The predicted octanol–water partition coefficient (Wildman–Crippen LogP) is 5.63. The molecule has 0 bridgehead atoms. The fourth-order valence-corrected chi connectivity index (χ4v) is 4.35. The molecule has 3 rings (SSSR count). The zero-order valence-electron chi connectivity index (χ0n) is 18.4. The Bertz CT molecular complexity index is 901. The fraction of sp³-hybridized carbons (Fsp3) is 0.440. The molecular weight excluding hydrogens is 447 g/mol. The highest BCUT2D eigenvalue weighted by atomic mass is 35.5. The molecule has 32 heavy (non-hydrogen) atoms. The summed E-state index contributed by atoms with van der Waals surface area (Å²) in [7, 11) is 0. The van der Waals surface area contributed by atoms with Crippen molar-refractivity contribution in [3.8, 4) is 5.75 Å². The normalized spacial score (nSPS) is 14.7. The summed E-state index contributed by atoms with van der Waals surface area (Å²) in [6.07, 6.45) is 5.07. The monoisotopic (exact) mass is 476 g/mol. The number of para-hydroxylation sites is 1. The molecule has 1 fully saturated rings. The SMILES string of the molecule is CC(C(=O)NC1CCCC1)N(Cc1ccc(Cl)cc1Cl)C(=O)CCCOc1ccccc1. The van der Waals surface area contributed by atoms with E-state index in [2.05, 4.69) is 5.32 Å². The van der Waals surface area contributed by atoms with Gasteiger partial charge in [0, 0.05) is 29.1 Å². The Morgan fingerprint density at radius 2 is 1.84 bits per heavy atom. The maximum Gasteiger partial charge on any atom is 0.242 e. The van der Waals surface area contributed by atoms with Gasteiger partial charge in [-0.15, -0.1) is 0 Å². The summed E-state index contributed by atoms with van der Waals surface area (Å²) in [4.78, 5) is 27.6. The Labute approximate surface area is 200 Å². The molecule has 0 saturated heterocycles. The van der Waals surface area contributed by atoms with Crippen molar-refractivity contribution in [1.82, 2.24) is 10.2 Å². The van der Waals surface area contributed by atoms with Crippen LogP contribution in [-0.4, -0.2) is 35.4 Å². The number of ether oxygens (including phenoxy) is 1. The van der Waals surface area contributed by atoms with E-state index in [0.717, 1.165) is 37.0 Å². The Hall–Kier alpha value is -2.24. The van der Waals surface area contributed by atoms with Crippen molar-refractivity contribution in [3.63, 3.8) is 0 Å². The number of carbonyl (C=O) groups excluding carboxylic acids is 2. The van der Waals surface area contributed by atoms with Crippen molar-refractivity contribution in [3.05, 3.63) is 64.1 Å². The second kappa shape index (κ2) is 12.1. The molecule has 1 unspecified atom stereocenters. The Morgan fingerprint density at radius 1 is 1.12 bits per heavy atom. The van der Waals surface area contributed by atoms with E-state index < -0.39 is 6.04 Å². The van der Waals surface area contributed by atoms with Gasteiger partial charge in [-0.05, 0) is 56.0 Å². The standard InChI is InChI=1S/C25H30Cl2N2O3/c1-18(25(31)28-21-8-5-6-9-21)29(17-19-13-14-20(26)16-23(19)27)24(30)12-7-15-32-22-10-3-2-4-11-22/h2-4,10-11,13-14,16,18,21H,5-9,12,15,17H2,1H3,(H,28,31). The van der Waals surface area contributed by atoms with E-state index in [4.69, 9.17) is 27.9 Å². The maximum absolute atomic E-state index is 13.1. The zero-order chi connectivity index (χ0) is 22.9. The van der Waals surface area contributed by atoms with E-state index >= 15 is 0 Å². The van der Waals surface area contributed by atoms with Crippen LogP contribution in [0, 0.1) is 0 Å². The number of rotatable bonds is 10. The van der Waals surface area contributed by atoms with E-state index in [1.54, 1.807) is 30.0 Å². The summed E-state index contributed by atoms with van der Waals surface area (Å²) >= 11 is 12.4. The van der Waals surface area contributed by atoms with E-state index in [1.807, 2.05) is 30.3 Å². The molecule has 7 heteroatoms. The highest BCUT2D eigenvalue weighted by Crippen LogP contribution is 2.24. The van der Waals surface area contributed by atoms with Crippen molar-refractivity contribution in [2.45, 2.75) is 64.1 Å². The van der Waals surface area contributed by atoms with Gasteiger partial charge in [-0.1, -0.05) is 60.3 Å². The minimum atomic E-state index is -0.607. The Morgan fingerprint density at radius 3 is 2.53 bits per heavy atom. The molecule has 1 aliphatic carbocycles. The smallest absolute Gasteiger partial charge is 0.242 e. The molecule has 5 nitrogen and oxygen atoms in total. The number of nitrogens with zero attached hydrogens (tertiary/aromatic N) is 1. The van der Waals surface area contributed by atoms with Crippen LogP contribution in [0.15, 0.2) is 48.5 Å². The van der Waals surface area contributed by atoms with Crippen LogP contribution < -0.4 is 10.1 Å². The summed E-state index contributed by atoms with van der Waals surface area (Å²) in [5, 5.41) is 4.11. The van der Waals surface area contributed by atoms with Crippen molar-refractivity contribution in [2.24, 2.45) is 0 Å². The van der Waals surface area contributed by atoms with Crippen molar-refractivity contribution in [2.75, 3.05) is 6.61 Å². The van der Waals surface area contributed by atoms with Crippen molar-refractivity contribution < 1.29 is 14.3 Å². The minimum Gasteiger partial charge on any atom is -0.494 e. The molecule has 1 N–H and O–H groups in total. The highest BCUT2D eigenvalue weighted by molar-refractivity contribution is 6.35. The number of amides is 2. The molecule has 0 heterocycles. The third-order valence-corrected chi connectivity index (χ3v) is 6.36. The van der Waals surface area contributed by atoms with Gasteiger partial charge in [-0.25, -0.2) is 0 Å². The van der Waals surface area contributed by atoms with Gasteiger partial charge in [0.05, 0.1) is 6.61 Å². The molecule has 1 aliphatic rings. The van der Waals surface area contributed by atoms with Crippen LogP contribution in [0.4, 0.5) is 0 Å². The van der Waals surface area contributed by atoms with E-state index in [0.29, 0.717) is 23.1 Å². The fourth-order valence-electron chi connectivity index (χ4n) is 3.88. The first kappa shape index (κ1) is 24.4. The molecule has 0 aliphatic heterocycles. The van der Waals surface area contributed by atoms with Crippen LogP contribution in [-0.2, 0) is 16.1 Å². The third-order valence-electron chi connectivity index (χ3n) is 5.77. The summed E-state index contributed by atoms with van der Waals surface area (Å²) in [6, 6.07) is 14.3. The summed E-state index contributed by atoms with van der Waals surface area (Å²) in [6.45, 7) is 2.44. The minimum absolute atomic E-state index is 0.109. The van der Waals surface area contributed by atoms with Crippen LogP contribution in [0.2, 0.25) is 10.0 Å². The molecule has 1 saturated carbocycles. The number of hydrogen-bond acceptors (Lipinski definition) is 3. The number of carbonyl (C=O) groups is 2. The topological polar surface area (TPSA) is 58.6 Å². The molecule has 1 atom stereocenters. The number of halogens is 2. The van der Waals surface area contributed by atoms with E-state index in [1.165, 1.54) is 0 Å². The lowest BCUT2D eigenvalue weighted by atomic mass is 10.1. The quantitative estimate of drug-likeness (QED) is 0.452. The Kier molecular flexibility index (Phi) is 9.24. The average molecular weight is 477 g/mol. The molecule has 0 spiro atoms. The molecule has 2 aromatic rings. The zero-order valence-corrected chi connectivity index (χ0v) is 19.9. The molecule has 0 radical (unpaired) electrons. The van der Waals surface area contributed by atoms with Gasteiger partial charge >= 0.3 is 0 Å². The van der Waals surface area contributed by atoms with Crippen LogP contribution in [0.5, 0.6) is 5.75 Å². The number of nitrogens with one attached hydrogen (secondary N) is 1. The van der Waals surface area contributed by atoms with Crippen LogP contribution >= 0.6 is 23.2 Å². The lowest BCUT2D eigenvalue weighted by Crippen LogP contribution is -2.49. The lowest BCUT2D eigenvalue weighted by Gasteiger charge is -2.30. The molecule has 2 amide bonds. The third kappa shape index (κ3) is 7.14. The number of hydrogen-bond donors (Lipinski definition) is 1.